The Labute approximate surface area is 75.2 Å². The summed E-state index contributed by atoms with van der Waals surface area (Å²) < 4.78 is 0. The second kappa shape index (κ2) is 3.69. The zero-order chi connectivity index (χ0) is 8.27. The van der Waals surface area contributed by atoms with Gasteiger partial charge in [-0.3, -0.25) is 0 Å². The lowest BCUT2D eigenvalue weighted by atomic mass is 10.3. The molecule has 0 bridgehead atoms. The summed E-state index contributed by atoms with van der Waals surface area (Å²) in [5.41, 5.74) is 6.38. The van der Waals surface area contributed by atoms with Crippen molar-refractivity contribution < 1.29 is 0 Å². The number of nitrogens with two attached hydrogens (primary N) is 1. The number of hydrogen-bond acceptors (Lipinski definition) is 2. The van der Waals surface area contributed by atoms with Gasteiger partial charge < -0.3 is 5.73 Å². The molecule has 0 saturated heterocycles. The molecular formula is C8H8ClNS. The van der Waals surface area contributed by atoms with E-state index in [-0.39, 0.29) is 0 Å². The van der Waals surface area contributed by atoms with Crippen LogP contribution in [0.15, 0.2) is 35.1 Å². The summed E-state index contributed by atoms with van der Waals surface area (Å²) in [5, 5.41) is 2.42. The lowest BCUT2D eigenvalue weighted by Gasteiger charge is -2.00. The van der Waals surface area contributed by atoms with Gasteiger partial charge in [-0.05, 0) is 23.6 Å². The van der Waals surface area contributed by atoms with Gasteiger partial charge in [0.15, 0.2) is 0 Å². The molecule has 0 aliphatic carbocycles. The molecule has 2 N–H and O–H groups in total. The van der Waals surface area contributed by atoms with Gasteiger partial charge in [-0.15, -0.1) is 0 Å². The number of anilines is 1. The highest BCUT2D eigenvalue weighted by Gasteiger charge is 1.97. The fraction of sp³-hybridized carbons (Fsp3) is 0. The minimum absolute atomic E-state index is 0.698. The van der Waals surface area contributed by atoms with Crippen molar-refractivity contribution in [1.29, 1.82) is 0 Å². The molecule has 11 heavy (non-hydrogen) atoms. The van der Waals surface area contributed by atoms with Gasteiger partial charge >= 0.3 is 0 Å². The Hall–Kier alpha value is -0.600. The van der Waals surface area contributed by atoms with Crippen LogP contribution in [-0.4, -0.2) is 0 Å². The highest BCUT2D eigenvalue weighted by atomic mass is 35.5. The second-order valence-electron chi connectivity index (χ2n) is 1.97. The predicted octanol–water partition coefficient (Wildman–Crippen LogP) is 3.16. The zero-order valence-electron chi connectivity index (χ0n) is 5.88. The van der Waals surface area contributed by atoms with Gasteiger partial charge in [-0.25, -0.2) is 0 Å². The van der Waals surface area contributed by atoms with Gasteiger partial charge in [0, 0.05) is 15.6 Å². The van der Waals surface area contributed by atoms with E-state index in [1.165, 1.54) is 11.8 Å². The Morgan fingerprint density at radius 1 is 1.55 bits per heavy atom. The van der Waals surface area contributed by atoms with Crippen LogP contribution in [0.25, 0.3) is 0 Å². The van der Waals surface area contributed by atoms with Crippen LogP contribution in [0.5, 0.6) is 0 Å². The normalized spacial score (nSPS) is 9.55. The maximum atomic E-state index is 5.75. The Balaban J connectivity index is 3.01. The molecule has 3 heteroatoms. The lowest BCUT2D eigenvalue weighted by molar-refractivity contribution is 1.47. The number of thioether (sulfide) groups is 1. The van der Waals surface area contributed by atoms with Crippen LogP contribution < -0.4 is 5.73 Å². The lowest BCUT2D eigenvalue weighted by Crippen LogP contribution is -1.86. The molecular weight excluding hydrogens is 178 g/mol. The van der Waals surface area contributed by atoms with Crippen molar-refractivity contribution in [2.75, 3.05) is 5.73 Å². The van der Waals surface area contributed by atoms with Gasteiger partial charge in [0.05, 0.1) is 0 Å². The van der Waals surface area contributed by atoms with Crippen molar-refractivity contribution in [3.63, 3.8) is 0 Å². The van der Waals surface area contributed by atoms with Crippen molar-refractivity contribution in [3.8, 4) is 0 Å². The molecule has 1 aromatic rings. The maximum Gasteiger partial charge on any atom is 0.0456 e. The molecule has 0 radical (unpaired) electrons. The molecule has 0 amide bonds. The minimum Gasteiger partial charge on any atom is -0.398 e. The molecule has 1 rings (SSSR count). The highest BCUT2D eigenvalue weighted by Crippen LogP contribution is 2.28. The first-order chi connectivity index (χ1) is 5.24. The van der Waals surface area contributed by atoms with Crippen molar-refractivity contribution in [2.24, 2.45) is 0 Å². The fourth-order valence-corrected chi connectivity index (χ4v) is 1.52. The molecule has 0 atom stereocenters. The van der Waals surface area contributed by atoms with E-state index in [0.717, 1.165) is 10.6 Å². The van der Waals surface area contributed by atoms with Gasteiger partial charge in [0.2, 0.25) is 0 Å². The Bertz CT molecular complexity index is 273. The molecule has 1 aromatic carbocycles. The monoisotopic (exact) mass is 185 g/mol. The zero-order valence-corrected chi connectivity index (χ0v) is 7.45. The number of hydrogen-bond donors (Lipinski definition) is 1. The molecule has 58 valence electrons. The van der Waals surface area contributed by atoms with Crippen molar-refractivity contribution >= 4 is 29.1 Å². The van der Waals surface area contributed by atoms with E-state index in [0.29, 0.717) is 5.02 Å². The number of nitrogen functional groups attached to an aromatic ring is 1. The van der Waals surface area contributed by atoms with E-state index in [2.05, 4.69) is 6.58 Å². The number of halogens is 1. The van der Waals surface area contributed by atoms with Gasteiger partial charge in [-0.1, -0.05) is 29.9 Å². The van der Waals surface area contributed by atoms with E-state index in [1.54, 1.807) is 17.5 Å². The molecule has 0 aliphatic rings. The average molecular weight is 186 g/mol. The smallest absolute Gasteiger partial charge is 0.0456 e. The minimum atomic E-state index is 0.698. The Morgan fingerprint density at radius 2 is 2.27 bits per heavy atom. The van der Waals surface area contributed by atoms with Crippen molar-refractivity contribution in [3.05, 3.63) is 35.2 Å². The topological polar surface area (TPSA) is 26.0 Å². The van der Waals surface area contributed by atoms with E-state index in [1.807, 2.05) is 6.07 Å². The maximum absolute atomic E-state index is 5.75. The molecule has 0 saturated carbocycles. The molecule has 0 fully saturated rings. The van der Waals surface area contributed by atoms with E-state index < -0.39 is 0 Å². The van der Waals surface area contributed by atoms with E-state index >= 15 is 0 Å². The van der Waals surface area contributed by atoms with Crippen LogP contribution in [-0.2, 0) is 0 Å². The molecule has 0 aromatic heterocycles. The van der Waals surface area contributed by atoms with Crippen molar-refractivity contribution in [1.82, 2.24) is 0 Å². The summed E-state index contributed by atoms with van der Waals surface area (Å²) in [6.45, 7) is 3.59. The molecule has 0 aliphatic heterocycles. The van der Waals surface area contributed by atoms with Crippen molar-refractivity contribution in [2.45, 2.75) is 4.90 Å². The Morgan fingerprint density at radius 3 is 2.91 bits per heavy atom. The van der Waals surface area contributed by atoms with Crippen LogP contribution in [0, 0.1) is 0 Å². The summed E-state index contributed by atoms with van der Waals surface area (Å²) in [5.74, 6) is 0. The quantitative estimate of drug-likeness (QED) is 0.566. The second-order valence-corrected chi connectivity index (χ2v) is 3.41. The van der Waals surface area contributed by atoms with Crippen LogP contribution in [0.1, 0.15) is 0 Å². The number of rotatable bonds is 2. The molecule has 1 nitrogen and oxygen atoms in total. The first-order valence-electron chi connectivity index (χ1n) is 3.06. The third-order valence-corrected chi connectivity index (χ3v) is 2.20. The third kappa shape index (κ3) is 2.17. The summed E-state index contributed by atoms with van der Waals surface area (Å²) in [6, 6.07) is 5.38. The van der Waals surface area contributed by atoms with Gasteiger partial charge in [0.25, 0.3) is 0 Å². The third-order valence-electron chi connectivity index (χ3n) is 1.19. The summed E-state index contributed by atoms with van der Waals surface area (Å²) in [4.78, 5) is 0.951. The van der Waals surface area contributed by atoms with Crippen LogP contribution in [0.2, 0.25) is 5.02 Å². The standard InChI is InChI=1S/C8H8ClNS/c1-2-11-8-5-6(9)3-4-7(8)10/h2-5H,1,10H2. The predicted molar refractivity (Wildman–Crippen MR) is 51.9 cm³/mol. The van der Waals surface area contributed by atoms with E-state index in [9.17, 15) is 0 Å². The Kier molecular flexibility index (Phi) is 2.85. The van der Waals surface area contributed by atoms with Crippen LogP contribution in [0.4, 0.5) is 5.69 Å². The SMILES string of the molecule is C=CSc1cc(Cl)ccc1N. The summed E-state index contributed by atoms with van der Waals surface area (Å²) in [6.07, 6.45) is 0. The van der Waals surface area contributed by atoms with Crippen LogP contribution in [0.3, 0.4) is 0 Å². The summed E-state index contributed by atoms with van der Waals surface area (Å²) in [7, 11) is 0. The highest BCUT2D eigenvalue weighted by molar-refractivity contribution is 8.02. The molecule has 0 spiro atoms. The molecule has 0 unspecified atom stereocenters. The number of benzene rings is 1. The summed E-state index contributed by atoms with van der Waals surface area (Å²) >= 11 is 7.22. The largest absolute Gasteiger partial charge is 0.398 e. The van der Waals surface area contributed by atoms with Gasteiger partial charge in [0.1, 0.15) is 0 Å². The fourth-order valence-electron chi connectivity index (χ4n) is 0.700. The first kappa shape index (κ1) is 8.50. The van der Waals surface area contributed by atoms with Gasteiger partial charge in [-0.2, -0.15) is 0 Å². The molecule has 0 heterocycles. The average Bonchev–Trinajstić information content (AvgIpc) is 1.98. The first-order valence-corrected chi connectivity index (χ1v) is 4.32. The van der Waals surface area contributed by atoms with E-state index in [4.69, 9.17) is 17.3 Å². The van der Waals surface area contributed by atoms with Crippen LogP contribution >= 0.6 is 23.4 Å².